The number of rotatable bonds is 5. The Kier molecular flexibility index (Phi) is 6.36. The molecular formula is C19H26ClN3O4. The molecule has 2 N–H and O–H groups in total. The van der Waals surface area contributed by atoms with Gasteiger partial charge < -0.3 is 20.2 Å². The van der Waals surface area contributed by atoms with Crippen LogP contribution in [0.15, 0.2) is 18.2 Å². The first-order valence-electron chi connectivity index (χ1n) is 8.99. The number of carboxylic acid groups (broad SMARTS) is 1. The number of carbonyl (C=O) groups excluding carboxylic acids is 2. The molecule has 0 aliphatic carbocycles. The van der Waals surface area contributed by atoms with Crippen LogP contribution in [0.5, 0.6) is 0 Å². The van der Waals surface area contributed by atoms with Crippen LogP contribution in [0.1, 0.15) is 44.5 Å². The van der Waals surface area contributed by atoms with Crippen molar-refractivity contribution in [2.24, 2.45) is 5.41 Å². The Labute approximate surface area is 164 Å². The molecule has 0 bridgehead atoms. The van der Waals surface area contributed by atoms with Crippen molar-refractivity contribution in [3.05, 3.63) is 28.8 Å². The molecule has 1 heterocycles. The van der Waals surface area contributed by atoms with E-state index in [1.165, 1.54) is 4.90 Å². The van der Waals surface area contributed by atoms with Crippen LogP contribution in [0, 0.1) is 5.41 Å². The lowest BCUT2D eigenvalue weighted by atomic mass is 9.90. The number of aliphatic carboxylic acids is 1. The predicted octanol–water partition coefficient (Wildman–Crippen LogP) is 3.54. The lowest BCUT2D eigenvalue weighted by Gasteiger charge is -2.26. The van der Waals surface area contributed by atoms with E-state index in [0.29, 0.717) is 35.8 Å². The van der Waals surface area contributed by atoms with E-state index in [0.717, 1.165) is 0 Å². The average molecular weight is 396 g/mol. The van der Waals surface area contributed by atoms with Gasteiger partial charge in [0.15, 0.2) is 0 Å². The van der Waals surface area contributed by atoms with Crippen molar-refractivity contribution in [2.45, 2.75) is 40.2 Å². The van der Waals surface area contributed by atoms with E-state index in [1.807, 2.05) is 20.8 Å². The third-order valence-corrected chi connectivity index (χ3v) is 5.28. The molecule has 0 aromatic heterocycles. The molecular weight excluding hydrogens is 370 g/mol. The Balaban J connectivity index is 2.15. The molecule has 1 atom stereocenters. The van der Waals surface area contributed by atoms with Crippen LogP contribution in [-0.2, 0) is 4.79 Å². The number of halogens is 1. The Hall–Kier alpha value is -2.28. The first kappa shape index (κ1) is 21.0. The van der Waals surface area contributed by atoms with Gasteiger partial charge in [-0.1, -0.05) is 11.6 Å². The summed E-state index contributed by atoms with van der Waals surface area (Å²) in [7, 11) is 0. The fourth-order valence-electron chi connectivity index (χ4n) is 3.18. The maximum atomic E-state index is 12.7. The van der Waals surface area contributed by atoms with E-state index in [4.69, 9.17) is 11.6 Å². The molecule has 1 aliphatic heterocycles. The number of hydrogen-bond donors (Lipinski definition) is 2. The molecule has 0 saturated carbocycles. The number of benzene rings is 1. The maximum Gasteiger partial charge on any atom is 0.321 e. The van der Waals surface area contributed by atoms with Crippen LogP contribution in [0.3, 0.4) is 0 Å². The van der Waals surface area contributed by atoms with E-state index in [-0.39, 0.29) is 18.5 Å². The Morgan fingerprint density at radius 1 is 1.37 bits per heavy atom. The highest BCUT2D eigenvalue weighted by atomic mass is 35.5. The fraction of sp³-hybridized carbons (Fsp3) is 0.526. The molecule has 7 nitrogen and oxygen atoms in total. The molecule has 1 fully saturated rings. The quantitative estimate of drug-likeness (QED) is 0.797. The van der Waals surface area contributed by atoms with Gasteiger partial charge in [0.25, 0.3) is 5.91 Å². The van der Waals surface area contributed by atoms with E-state index in [9.17, 15) is 19.5 Å². The Morgan fingerprint density at radius 2 is 2.04 bits per heavy atom. The minimum atomic E-state index is -0.933. The van der Waals surface area contributed by atoms with Gasteiger partial charge in [-0.05, 0) is 52.3 Å². The van der Waals surface area contributed by atoms with Crippen molar-refractivity contribution in [1.29, 1.82) is 0 Å². The summed E-state index contributed by atoms with van der Waals surface area (Å²) in [5, 5.41) is 12.3. The summed E-state index contributed by atoms with van der Waals surface area (Å²) in [5.41, 5.74) is -0.171. The molecule has 0 spiro atoms. The molecule has 2 rings (SSSR count). The molecule has 1 saturated heterocycles. The van der Waals surface area contributed by atoms with Gasteiger partial charge in [-0.3, -0.25) is 9.59 Å². The predicted molar refractivity (Wildman–Crippen MR) is 104 cm³/mol. The molecule has 0 radical (unpaired) electrons. The third-order valence-electron chi connectivity index (χ3n) is 4.95. The van der Waals surface area contributed by atoms with Crippen LogP contribution >= 0.6 is 11.6 Å². The van der Waals surface area contributed by atoms with E-state index >= 15 is 0 Å². The van der Waals surface area contributed by atoms with Crippen molar-refractivity contribution >= 4 is 35.2 Å². The molecule has 3 amide bonds. The van der Waals surface area contributed by atoms with Gasteiger partial charge in [0.05, 0.1) is 16.0 Å². The standard InChI is InChI=1S/C19H26ClN3O4/c1-5-23(12(2)3)16(24)14-10-13(6-7-15(14)20)21-18(27)22-9-8-19(4,11-22)17(25)26/h6-7,10,12H,5,8-9,11H2,1-4H3,(H,21,27)(H,25,26). The number of nitrogens with zero attached hydrogens (tertiary/aromatic N) is 2. The summed E-state index contributed by atoms with van der Waals surface area (Å²) in [6.45, 7) is 8.43. The average Bonchev–Trinajstić information content (AvgIpc) is 3.00. The van der Waals surface area contributed by atoms with Gasteiger partial charge in [0.2, 0.25) is 0 Å². The number of carbonyl (C=O) groups is 3. The zero-order valence-electron chi connectivity index (χ0n) is 16.1. The highest BCUT2D eigenvalue weighted by Gasteiger charge is 2.42. The number of urea groups is 1. The zero-order chi connectivity index (χ0) is 20.4. The minimum absolute atomic E-state index is 0.0232. The van der Waals surface area contributed by atoms with Crippen LogP contribution in [0.2, 0.25) is 5.02 Å². The van der Waals surface area contributed by atoms with E-state index < -0.39 is 17.4 Å². The maximum absolute atomic E-state index is 12.7. The number of anilines is 1. The largest absolute Gasteiger partial charge is 0.481 e. The topological polar surface area (TPSA) is 90.0 Å². The summed E-state index contributed by atoms with van der Waals surface area (Å²) in [5.74, 6) is -1.11. The number of likely N-dealkylation sites (tertiary alicyclic amines) is 1. The van der Waals surface area contributed by atoms with Crippen molar-refractivity contribution in [3.63, 3.8) is 0 Å². The van der Waals surface area contributed by atoms with E-state index in [2.05, 4.69) is 5.32 Å². The van der Waals surface area contributed by atoms with Crippen LogP contribution < -0.4 is 5.32 Å². The minimum Gasteiger partial charge on any atom is -0.481 e. The number of nitrogens with one attached hydrogen (secondary N) is 1. The highest BCUT2D eigenvalue weighted by molar-refractivity contribution is 6.34. The van der Waals surface area contributed by atoms with Gasteiger partial charge >= 0.3 is 12.0 Å². The number of carboxylic acids is 1. The Morgan fingerprint density at radius 3 is 2.56 bits per heavy atom. The summed E-state index contributed by atoms with van der Waals surface area (Å²) in [6.07, 6.45) is 0.403. The summed E-state index contributed by atoms with van der Waals surface area (Å²) < 4.78 is 0. The smallest absolute Gasteiger partial charge is 0.321 e. The first-order chi connectivity index (χ1) is 12.6. The second-order valence-corrected chi connectivity index (χ2v) is 7.75. The molecule has 1 aromatic carbocycles. The molecule has 27 heavy (non-hydrogen) atoms. The lowest BCUT2D eigenvalue weighted by molar-refractivity contribution is -0.146. The molecule has 8 heteroatoms. The van der Waals surface area contributed by atoms with Crippen molar-refractivity contribution in [2.75, 3.05) is 25.0 Å². The van der Waals surface area contributed by atoms with Crippen molar-refractivity contribution < 1.29 is 19.5 Å². The summed E-state index contributed by atoms with van der Waals surface area (Å²) in [4.78, 5) is 39.7. The van der Waals surface area contributed by atoms with Crippen LogP contribution in [0.4, 0.5) is 10.5 Å². The number of amides is 3. The van der Waals surface area contributed by atoms with Gasteiger partial charge in [-0.2, -0.15) is 0 Å². The van der Waals surface area contributed by atoms with E-state index in [1.54, 1.807) is 30.0 Å². The first-order valence-corrected chi connectivity index (χ1v) is 9.36. The molecule has 1 aliphatic rings. The fourth-order valence-corrected chi connectivity index (χ4v) is 3.37. The monoisotopic (exact) mass is 395 g/mol. The SMILES string of the molecule is CCN(C(=O)c1cc(NC(=O)N2CCC(C)(C(=O)O)C2)ccc1Cl)C(C)C. The molecule has 1 aromatic rings. The highest BCUT2D eigenvalue weighted by Crippen LogP contribution is 2.31. The van der Waals surface area contributed by atoms with Crippen LogP contribution in [-0.4, -0.2) is 58.5 Å². The van der Waals surface area contributed by atoms with Gasteiger partial charge in [-0.15, -0.1) is 0 Å². The van der Waals surface area contributed by atoms with Gasteiger partial charge in [0, 0.05) is 31.4 Å². The second kappa shape index (κ2) is 8.17. The van der Waals surface area contributed by atoms with Gasteiger partial charge in [-0.25, -0.2) is 4.79 Å². The van der Waals surface area contributed by atoms with Gasteiger partial charge in [0.1, 0.15) is 0 Å². The third kappa shape index (κ3) is 4.53. The van der Waals surface area contributed by atoms with Crippen LogP contribution in [0.25, 0.3) is 0 Å². The molecule has 148 valence electrons. The summed E-state index contributed by atoms with van der Waals surface area (Å²) in [6, 6.07) is 4.38. The normalized spacial score (nSPS) is 19.3. The van der Waals surface area contributed by atoms with Crippen molar-refractivity contribution in [1.82, 2.24) is 9.80 Å². The molecule has 1 unspecified atom stereocenters. The lowest BCUT2D eigenvalue weighted by Crippen LogP contribution is -2.37. The zero-order valence-corrected chi connectivity index (χ0v) is 16.8. The second-order valence-electron chi connectivity index (χ2n) is 7.35. The summed E-state index contributed by atoms with van der Waals surface area (Å²) >= 11 is 6.20. The number of hydrogen-bond acceptors (Lipinski definition) is 3. The Bertz CT molecular complexity index is 752. The van der Waals surface area contributed by atoms with Crippen molar-refractivity contribution in [3.8, 4) is 0 Å².